The average Bonchev–Trinajstić information content (AvgIpc) is 2.88. The monoisotopic (exact) mass is 308 g/mol. The first kappa shape index (κ1) is 15.3. The van der Waals surface area contributed by atoms with E-state index < -0.39 is 0 Å². The van der Waals surface area contributed by atoms with Gasteiger partial charge >= 0.3 is 0 Å². The van der Waals surface area contributed by atoms with Crippen LogP contribution in [0.5, 0.6) is 0 Å². The summed E-state index contributed by atoms with van der Waals surface area (Å²) in [5, 5.41) is 7.26. The average molecular weight is 308 g/mol. The molecule has 0 radical (unpaired) electrons. The number of anilines is 1. The second kappa shape index (κ2) is 6.67. The van der Waals surface area contributed by atoms with Crippen LogP contribution in [0, 0.1) is 12.3 Å². The number of amides is 1. The van der Waals surface area contributed by atoms with Crippen molar-refractivity contribution in [3.8, 4) is 12.3 Å². The number of hydrogen-bond donors (Lipinski definition) is 1. The maximum atomic E-state index is 12.5. The summed E-state index contributed by atoms with van der Waals surface area (Å²) >= 11 is 0. The van der Waals surface area contributed by atoms with E-state index in [2.05, 4.69) is 27.3 Å². The summed E-state index contributed by atoms with van der Waals surface area (Å²) in [6, 6.07) is 7.83. The number of benzene rings is 1. The zero-order valence-electron chi connectivity index (χ0n) is 13.2. The van der Waals surface area contributed by atoms with Crippen LogP contribution in [0.2, 0.25) is 0 Å². The highest BCUT2D eigenvalue weighted by atomic mass is 16.2. The third-order valence-electron chi connectivity index (χ3n) is 4.17. The number of carbonyl (C=O) groups is 1. The maximum absolute atomic E-state index is 12.5. The molecule has 23 heavy (non-hydrogen) atoms. The molecule has 1 N–H and O–H groups in total. The summed E-state index contributed by atoms with van der Waals surface area (Å²) in [7, 11) is 1.97. The number of nitrogens with zero attached hydrogens (tertiary/aromatic N) is 3. The van der Waals surface area contributed by atoms with Crippen LogP contribution in [0.25, 0.3) is 0 Å². The van der Waals surface area contributed by atoms with Crippen LogP contribution in [0.3, 0.4) is 0 Å². The molecule has 0 unspecified atom stereocenters. The fourth-order valence-electron chi connectivity index (χ4n) is 2.99. The Bertz CT molecular complexity index is 743. The number of carbonyl (C=O) groups excluding carboxylic acids is 1. The van der Waals surface area contributed by atoms with Crippen molar-refractivity contribution in [2.45, 2.75) is 32.0 Å². The molecular formula is C18H20N4O. The molecule has 1 aromatic heterocycles. The number of nitrogens with one attached hydrogen (secondary N) is 1. The molecule has 1 aromatic carbocycles. The van der Waals surface area contributed by atoms with Crippen molar-refractivity contribution in [3.05, 3.63) is 47.8 Å². The lowest BCUT2D eigenvalue weighted by Gasteiger charge is -2.25. The van der Waals surface area contributed by atoms with E-state index in [1.807, 2.05) is 31.4 Å². The predicted octanol–water partition coefficient (Wildman–Crippen LogP) is 1.90. The molecule has 118 valence electrons. The summed E-state index contributed by atoms with van der Waals surface area (Å²) in [4.78, 5) is 14.6. The van der Waals surface area contributed by atoms with Crippen LogP contribution in [-0.4, -0.2) is 33.7 Å². The van der Waals surface area contributed by atoms with Crippen LogP contribution in [0.15, 0.2) is 36.7 Å². The molecule has 0 saturated heterocycles. The van der Waals surface area contributed by atoms with Crippen LogP contribution in [0.1, 0.15) is 17.5 Å². The maximum Gasteiger partial charge on any atom is 0.241 e. The van der Waals surface area contributed by atoms with Gasteiger partial charge in [0.05, 0.1) is 12.2 Å². The second-order valence-electron chi connectivity index (χ2n) is 5.87. The molecule has 0 spiro atoms. The van der Waals surface area contributed by atoms with Gasteiger partial charge in [0.15, 0.2) is 0 Å². The quantitative estimate of drug-likeness (QED) is 0.878. The minimum absolute atomic E-state index is 0.0495. The standard InChI is InChI=1S/C18H20N4O/c1-3-10-22-13-14(11-19-22)12-21(2)17-9-8-15-6-4-5-7-16(15)20-18(17)23/h1,4-7,11,13,17H,8-10,12H2,2H3,(H,20,23)/t17-/m1/s1. The lowest BCUT2D eigenvalue weighted by Crippen LogP contribution is -2.40. The summed E-state index contributed by atoms with van der Waals surface area (Å²) in [5.41, 5.74) is 3.17. The first-order valence-electron chi connectivity index (χ1n) is 7.71. The van der Waals surface area contributed by atoms with E-state index >= 15 is 0 Å². The van der Waals surface area contributed by atoms with Crippen molar-refractivity contribution in [1.29, 1.82) is 0 Å². The molecule has 3 rings (SSSR count). The third kappa shape index (κ3) is 3.43. The lowest BCUT2D eigenvalue weighted by atomic mass is 10.0. The Morgan fingerprint density at radius 1 is 1.48 bits per heavy atom. The van der Waals surface area contributed by atoms with E-state index in [1.54, 1.807) is 10.9 Å². The smallest absolute Gasteiger partial charge is 0.241 e. The fourth-order valence-corrected chi connectivity index (χ4v) is 2.99. The SMILES string of the molecule is C#CCn1cc(CN(C)[C@@H]2CCc3ccccc3NC2=O)cn1. The van der Waals surface area contributed by atoms with Crippen LogP contribution in [-0.2, 0) is 24.3 Å². The topological polar surface area (TPSA) is 50.2 Å². The van der Waals surface area contributed by atoms with Crippen LogP contribution >= 0.6 is 0 Å². The molecule has 5 nitrogen and oxygen atoms in total. The second-order valence-corrected chi connectivity index (χ2v) is 5.87. The van der Waals surface area contributed by atoms with Gasteiger partial charge in [-0.1, -0.05) is 24.1 Å². The van der Waals surface area contributed by atoms with Crippen molar-refractivity contribution < 1.29 is 4.79 Å². The molecule has 2 heterocycles. The largest absolute Gasteiger partial charge is 0.324 e. The molecule has 0 aliphatic carbocycles. The van der Waals surface area contributed by atoms with E-state index in [1.165, 1.54) is 5.56 Å². The van der Waals surface area contributed by atoms with Gasteiger partial charge in [0.25, 0.3) is 0 Å². The van der Waals surface area contributed by atoms with Gasteiger partial charge in [-0.05, 0) is 31.5 Å². The van der Waals surface area contributed by atoms with Gasteiger partial charge in [-0.3, -0.25) is 14.4 Å². The Morgan fingerprint density at radius 2 is 2.30 bits per heavy atom. The Balaban J connectivity index is 1.69. The highest BCUT2D eigenvalue weighted by Gasteiger charge is 2.27. The molecule has 5 heteroatoms. The molecule has 2 aromatic rings. The van der Waals surface area contributed by atoms with E-state index in [4.69, 9.17) is 6.42 Å². The summed E-state index contributed by atoms with van der Waals surface area (Å²) in [5.74, 6) is 2.61. The summed E-state index contributed by atoms with van der Waals surface area (Å²) in [6.07, 6.45) is 10.7. The molecule has 0 fully saturated rings. The first-order chi connectivity index (χ1) is 11.2. The minimum atomic E-state index is -0.154. The van der Waals surface area contributed by atoms with E-state index in [-0.39, 0.29) is 11.9 Å². The first-order valence-corrected chi connectivity index (χ1v) is 7.71. The molecule has 0 saturated carbocycles. The Kier molecular flexibility index (Phi) is 4.45. The van der Waals surface area contributed by atoms with Gasteiger partial charge in [0.1, 0.15) is 6.54 Å². The zero-order valence-corrected chi connectivity index (χ0v) is 13.2. The van der Waals surface area contributed by atoms with Gasteiger partial charge in [-0.15, -0.1) is 6.42 Å². The number of terminal acetylenes is 1. The number of aryl methyl sites for hydroxylation is 1. The fraction of sp³-hybridized carbons (Fsp3) is 0.333. The third-order valence-corrected chi connectivity index (χ3v) is 4.17. The molecular weight excluding hydrogens is 288 g/mol. The zero-order chi connectivity index (χ0) is 16.2. The summed E-state index contributed by atoms with van der Waals surface area (Å²) < 4.78 is 1.73. The number of likely N-dealkylation sites (N-methyl/N-ethyl adjacent to an activating group) is 1. The van der Waals surface area contributed by atoms with Crippen molar-refractivity contribution >= 4 is 11.6 Å². The molecule has 1 aliphatic rings. The number of hydrogen-bond acceptors (Lipinski definition) is 3. The van der Waals surface area contributed by atoms with E-state index in [9.17, 15) is 4.79 Å². The lowest BCUT2D eigenvalue weighted by molar-refractivity contribution is -0.121. The predicted molar refractivity (Wildman–Crippen MR) is 89.7 cm³/mol. The highest BCUT2D eigenvalue weighted by molar-refractivity contribution is 5.96. The van der Waals surface area contributed by atoms with Crippen LogP contribution in [0.4, 0.5) is 5.69 Å². The van der Waals surface area contributed by atoms with E-state index in [0.29, 0.717) is 13.1 Å². The number of rotatable bonds is 4. The van der Waals surface area contributed by atoms with E-state index in [0.717, 1.165) is 24.1 Å². The number of para-hydroxylation sites is 1. The molecule has 1 amide bonds. The van der Waals surface area contributed by atoms with Crippen molar-refractivity contribution in [3.63, 3.8) is 0 Å². The molecule has 1 atom stereocenters. The minimum Gasteiger partial charge on any atom is -0.324 e. The van der Waals surface area contributed by atoms with Gasteiger partial charge in [0, 0.05) is 24.0 Å². The van der Waals surface area contributed by atoms with Gasteiger partial charge in [-0.2, -0.15) is 5.10 Å². The van der Waals surface area contributed by atoms with Gasteiger partial charge in [0.2, 0.25) is 5.91 Å². The van der Waals surface area contributed by atoms with Crippen molar-refractivity contribution in [2.75, 3.05) is 12.4 Å². The Hall–Kier alpha value is -2.58. The molecule has 0 bridgehead atoms. The van der Waals surface area contributed by atoms with Gasteiger partial charge < -0.3 is 5.32 Å². The Labute approximate surface area is 136 Å². The normalized spacial score (nSPS) is 17.3. The van der Waals surface area contributed by atoms with Crippen molar-refractivity contribution in [2.24, 2.45) is 0 Å². The number of fused-ring (bicyclic) bond motifs is 1. The van der Waals surface area contributed by atoms with Crippen molar-refractivity contribution in [1.82, 2.24) is 14.7 Å². The molecule has 1 aliphatic heterocycles. The Morgan fingerprint density at radius 3 is 3.13 bits per heavy atom. The number of aromatic nitrogens is 2. The van der Waals surface area contributed by atoms with Crippen LogP contribution < -0.4 is 5.32 Å². The van der Waals surface area contributed by atoms with Gasteiger partial charge in [-0.25, -0.2) is 0 Å². The summed E-state index contributed by atoms with van der Waals surface area (Å²) in [6.45, 7) is 1.13. The highest BCUT2D eigenvalue weighted by Crippen LogP contribution is 2.23.